The Balaban J connectivity index is 1.19. The zero-order chi connectivity index (χ0) is 32.1. The van der Waals surface area contributed by atoms with E-state index in [1.54, 1.807) is 18.9 Å². The summed E-state index contributed by atoms with van der Waals surface area (Å²) < 4.78 is 48.1. The molecule has 1 aliphatic heterocycles. The van der Waals surface area contributed by atoms with Crippen LogP contribution in [0.15, 0.2) is 78.0 Å². The molecular formula is C32H33F3N6O3S. The first-order valence-corrected chi connectivity index (χ1v) is 15.3. The van der Waals surface area contributed by atoms with Gasteiger partial charge >= 0.3 is 12.4 Å². The Kier molecular flexibility index (Phi) is 9.66. The number of methoxy groups -OCH3 is 1. The molecule has 0 saturated carbocycles. The number of alkyl halides is 3. The molecule has 0 radical (unpaired) electrons. The molecule has 1 aromatic heterocycles. The predicted octanol–water partition coefficient (Wildman–Crippen LogP) is 7.39. The Labute approximate surface area is 263 Å². The Bertz CT molecular complexity index is 1660. The first-order chi connectivity index (χ1) is 21.5. The van der Waals surface area contributed by atoms with E-state index in [2.05, 4.69) is 43.9 Å². The lowest BCUT2D eigenvalue weighted by molar-refractivity contribution is -0.274. The van der Waals surface area contributed by atoms with Crippen LogP contribution in [0.4, 0.5) is 23.7 Å². The fourth-order valence-electron chi connectivity index (χ4n) is 4.85. The molecule has 0 aliphatic carbocycles. The van der Waals surface area contributed by atoms with Crippen LogP contribution >= 0.6 is 11.8 Å². The first kappa shape index (κ1) is 31.9. The van der Waals surface area contributed by atoms with Crippen LogP contribution in [-0.2, 0) is 0 Å². The highest BCUT2D eigenvalue weighted by Crippen LogP contribution is 2.35. The van der Waals surface area contributed by atoms with Crippen LogP contribution in [0.1, 0.15) is 43.7 Å². The molecule has 1 aliphatic rings. The van der Waals surface area contributed by atoms with Crippen molar-refractivity contribution in [3.8, 4) is 28.6 Å². The van der Waals surface area contributed by atoms with Gasteiger partial charge in [0.25, 0.3) is 0 Å². The minimum absolute atomic E-state index is 0.0209. The molecule has 3 aromatic carbocycles. The Hall–Kier alpha value is -4.52. The third kappa shape index (κ3) is 7.96. The number of rotatable bonds is 9. The topological polar surface area (TPSA) is 93.9 Å². The number of thioether (sulfide) groups is 1. The van der Waals surface area contributed by atoms with Crippen molar-refractivity contribution in [2.45, 2.75) is 39.0 Å². The minimum Gasteiger partial charge on any atom is -0.497 e. The summed E-state index contributed by atoms with van der Waals surface area (Å²) in [6.07, 6.45) is -3.26. The molecule has 45 heavy (non-hydrogen) atoms. The number of benzene rings is 3. The second kappa shape index (κ2) is 13.6. The Morgan fingerprint density at radius 1 is 1.04 bits per heavy atom. The largest absolute Gasteiger partial charge is 0.573 e. The van der Waals surface area contributed by atoms with E-state index in [-0.39, 0.29) is 23.6 Å². The van der Waals surface area contributed by atoms with Crippen molar-refractivity contribution < 1.29 is 27.4 Å². The molecule has 5 rings (SSSR count). The van der Waals surface area contributed by atoms with Gasteiger partial charge in [0, 0.05) is 30.1 Å². The van der Waals surface area contributed by atoms with Crippen molar-refractivity contribution in [2.75, 3.05) is 30.9 Å². The minimum atomic E-state index is -4.75. The number of amides is 2. The Morgan fingerprint density at radius 2 is 1.76 bits per heavy atom. The highest BCUT2D eigenvalue weighted by molar-refractivity contribution is 8.14. The number of nitrogens with one attached hydrogen (secondary N) is 1. The molecule has 1 atom stereocenters. The average molecular weight is 639 g/mol. The molecule has 9 nitrogen and oxygen atoms in total. The molecule has 1 fully saturated rings. The van der Waals surface area contributed by atoms with Gasteiger partial charge in [-0.1, -0.05) is 56.8 Å². The summed E-state index contributed by atoms with van der Waals surface area (Å²) in [7, 11) is 1.65. The van der Waals surface area contributed by atoms with Crippen LogP contribution in [0.2, 0.25) is 0 Å². The van der Waals surface area contributed by atoms with E-state index in [9.17, 15) is 18.0 Å². The average Bonchev–Trinajstić information content (AvgIpc) is 3.69. The van der Waals surface area contributed by atoms with Crippen molar-refractivity contribution in [1.29, 1.82) is 0 Å². The molecule has 1 N–H and O–H groups in total. The summed E-state index contributed by atoms with van der Waals surface area (Å²) in [5.41, 5.74) is 4.50. The van der Waals surface area contributed by atoms with Gasteiger partial charge in [-0.05, 0) is 65.4 Å². The van der Waals surface area contributed by atoms with E-state index < -0.39 is 6.36 Å². The van der Waals surface area contributed by atoms with Gasteiger partial charge in [-0.15, -0.1) is 18.3 Å². The molecule has 236 valence electrons. The summed E-state index contributed by atoms with van der Waals surface area (Å²) in [5.74, 6) is 2.09. The Morgan fingerprint density at radius 3 is 2.42 bits per heavy atom. The van der Waals surface area contributed by atoms with Gasteiger partial charge in [-0.2, -0.15) is 4.99 Å². The van der Waals surface area contributed by atoms with Gasteiger partial charge in [0.05, 0.1) is 12.8 Å². The second-order valence-electron chi connectivity index (χ2n) is 10.7. The number of carbonyl (C=O) groups is 1. The molecular weight excluding hydrogens is 605 g/mol. The number of hydrogen-bond donors (Lipinski definition) is 1. The molecule has 2 heterocycles. The van der Waals surface area contributed by atoms with Crippen molar-refractivity contribution in [2.24, 2.45) is 4.99 Å². The van der Waals surface area contributed by atoms with Crippen LogP contribution in [0.5, 0.6) is 11.5 Å². The van der Waals surface area contributed by atoms with Crippen molar-refractivity contribution in [3.05, 3.63) is 84.2 Å². The van der Waals surface area contributed by atoms with E-state index in [4.69, 9.17) is 4.74 Å². The summed E-state index contributed by atoms with van der Waals surface area (Å²) in [6, 6.07) is 18.7. The van der Waals surface area contributed by atoms with Gasteiger partial charge in [0.2, 0.25) is 0 Å². The number of carbonyl (C=O) groups excluding carboxylic acids is 1. The normalized spacial score (nSPS) is 15.0. The van der Waals surface area contributed by atoms with Gasteiger partial charge in [-0.3, -0.25) is 0 Å². The van der Waals surface area contributed by atoms with Crippen molar-refractivity contribution in [1.82, 2.24) is 20.1 Å². The third-order valence-electron chi connectivity index (χ3n) is 7.25. The lowest BCUT2D eigenvalue weighted by Gasteiger charge is -2.23. The first-order valence-electron chi connectivity index (χ1n) is 14.3. The predicted molar refractivity (Wildman–Crippen MR) is 170 cm³/mol. The molecule has 4 aromatic rings. The SMILES string of the molecule is COc1ccc(N2CCSC2=NC(=O)NCC(C)c2ccc(-c3ncn(-c4ccc(OC(F)(F)F)cc4)n3)cc2)c(C(C)C)c1. The lowest BCUT2D eigenvalue weighted by atomic mass is 10.00. The number of aromatic nitrogens is 3. The number of amidine groups is 1. The van der Waals surface area contributed by atoms with E-state index >= 15 is 0 Å². The fourth-order valence-corrected chi connectivity index (χ4v) is 5.80. The van der Waals surface area contributed by atoms with E-state index in [1.807, 2.05) is 49.4 Å². The molecule has 2 amide bonds. The molecule has 13 heteroatoms. The number of halogens is 3. The standard InChI is InChI=1S/C32H33F3N6O3S/c1-20(2)27-17-26(43-4)13-14-28(27)40-15-16-45-31(40)38-30(42)36-18-21(3)22-5-7-23(8-6-22)29-37-19-41(39-29)24-9-11-25(12-10-24)44-32(33,34)35/h5-14,17,19-21H,15-16,18H2,1-4H3,(H,36,42). The van der Waals surface area contributed by atoms with Gasteiger partial charge in [0.1, 0.15) is 17.8 Å². The molecule has 0 spiro atoms. The molecule has 1 unspecified atom stereocenters. The quantitative estimate of drug-likeness (QED) is 0.204. The number of anilines is 1. The highest BCUT2D eigenvalue weighted by Gasteiger charge is 2.31. The van der Waals surface area contributed by atoms with Crippen molar-refractivity contribution >= 4 is 28.6 Å². The van der Waals surface area contributed by atoms with Crippen LogP contribution in [0.25, 0.3) is 17.1 Å². The second-order valence-corrected chi connectivity index (χ2v) is 11.8. The number of ether oxygens (including phenoxy) is 2. The van der Waals surface area contributed by atoms with Crippen molar-refractivity contribution in [3.63, 3.8) is 0 Å². The van der Waals surface area contributed by atoms with E-state index in [0.29, 0.717) is 23.2 Å². The zero-order valence-electron chi connectivity index (χ0n) is 25.2. The summed E-state index contributed by atoms with van der Waals surface area (Å²) in [5, 5.41) is 8.06. The number of aliphatic imine (C=N–C) groups is 1. The fraction of sp³-hybridized carbons (Fsp3) is 0.312. The van der Waals surface area contributed by atoms with Crippen LogP contribution in [0, 0.1) is 0 Å². The van der Waals surface area contributed by atoms with Gasteiger partial charge in [0.15, 0.2) is 11.0 Å². The number of nitrogens with zero attached hydrogens (tertiary/aromatic N) is 5. The molecule has 1 saturated heterocycles. The highest BCUT2D eigenvalue weighted by atomic mass is 32.2. The van der Waals surface area contributed by atoms with E-state index in [0.717, 1.165) is 40.4 Å². The number of hydrogen-bond acceptors (Lipinski definition) is 6. The monoisotopic (exact) mass is 638 g/mol. The third-order valence-corrected chi connectivity index (χ3v) is 8.20. The van der Waals surface area contributed by atoms with E-state index in [1.165, 1.54) is 35.3 Å². The van der Waals surface area contributed by atoms with Gasteiger partial charge < -0.3 is 19.7 Å². The maximum absolute atomic E-state index is 12.8. The smallest absolute Gasteiger partial charge is 0.497 e. The number of urea groups is 1. The van der Waals surface area contributed by atoms with Crippen LogP contribution < -0.4 is 19.7 Å². The summed E-state index contributed by atoms with van der Waals surface area (Å²) in [4.78, 5) is 23.7. The van der Waals surface area contributed by atoms with Crippen LogP contribution in [0.3, 0.4) is 0 Å². The van der Waals surface area contributed by atoms with Crippen LogP contribution in [-0.4, -0.2) is 58.3 Å². The maximum atomic E-state index is 12.8. The lowest BCUT2D eigenvalue weighted by Crippen LogP contribution is -2.30. The van der Waals surface area contributed by atoms with Gasteiger partial charge in [-0.25, -0.2) is 14.5 Å². The molecule has 0 bridgehead atoms. The maximum Gasteiger partial charge on any atom is 0.573 e. The summed E-state index contributed by atoms with van der Waals surface area (Å²) in [6.45, 7) is 7.45. The summed E-state index contributed by atoms with van der Waals surface area (Å²) >= 11 is 1.56. The zero-order valence-corrected chi connectivity index (χ0v) is 26.0.